The van der Waals surface area contributed by atoms with Crippen LogP contribution in [0.25, 0.3) is 11.3 Å². The van der Waals surface area contributed by atoms with E-state index in [0.717, 1.165) is 0 Å². The van der Waals surface area contributed by atoms with Gasteiger partial charge in [0.2, 0.25) is 11.9 Å². The lowest BCUT2D eigenvalue weighted by Gasteiger charge is -2.08. The molecule has 1 aromatic carbocycles. The van der Waals surface area contributed by atoms with Gasteiger partial charge in [-0.15, -0.1) is 0 Å². The highest BCUT2D eigenvalue weighted by molar-refractivity contribution is 5.87. The van der Waals surface area contributed by atoms with E-state index in [-0.39, 0.29) is 11.5 Å². The second kappa shape index (κ2) is 7.36. The Morgan fingerprint density at radius 2 is 2.04 bits per heavy atom. The van der Waals surface area contributed by atoms with Gasteiger partial charge in [0.15, 0.2) is 0 Å². The summed E-state index contributed by atoms with van der Waals surface area (Å²) < 4.78 is 13.5. The summed E-state index contributed by atoms with van der Waals surface area (Å²) >= 11 is 0. The smallest absolute Gasteiger partial charge is 0.227 e. The Balaban J connectivity index is 1.81. The number of benzene rings is 1. The zero-order chi connectivity index (χ0) is 18.5. The summed E-state index contributed by atoms with van der Waals surface area (Å²) in [5.41, 5.74) is 1.73. The third-order valence-electron chi connectivity index (χ3n) is 3.36. The van der Waals surface area contributed by atoms with Crippen LogP contribution in [-0.2, 0) is 4.79 Å². The Morgan fingerprint density at radius 3 is 2.73 bits per heavy atom. The van der Waals surface area contributed by atoms with Crippen molar-refractivity contribution in [2.24, 2.45) is 0 Å². The summed E-state index contributed by atoms with van der Waals surface area (Å²) in [5.74, 6) is -0.0215. The van der Waals surface area contributed by atoms with Crippen LogP contribution >= 0.6 is 0 Å². The van der Waals surface area contributed by atoms with Crippen molar-refractivity contribution in [1.82, 2.24) is 15.0 Å². The maximum atomic E-state index is 13.5. The minimum absolute atomic E-state index is 0.0478. The zero-order valence-corrected chi connectivity index (χ0v) is 13.7. The van der Waals surface area contributed by atoms with Gasteiger partial charge in [0, 0.05) is 18.7 Å². The number of halogens is 1. The highest BCUT2D eigenvalue weighted by Crippen LogP contribution is 2.22. The van der Waals surface area contributed by atoms with E-state index in [9.17, 15) is 9.18 Å². The molecule has 3 rings (SSSR count). The van der Waals surface area contributed by atoms with Gasteiger partial charge in [-0.3, -0.25) is 4.79 Å². The summed E-state index contributed by atoms with van der Waals surface area (Å²) in [6, 6.07) is 11.1. The molecule has 0 aliphatic rings. The van der Waals surface area contributed by atoms with E-state index in [1.54, 1.807) is 36.5 Å². The highest BCUT2D eigenvalue weighted by atomic mass is 19.1. The minimum atomic E-state index is -0.575. The van der Waals surface area contributed by atoms with Crippen molar-refractivity contribution in [2.45, 2.75) is 6.92 Å². The molecule has 0 spiro atoms. The lowest BCUT2D eigenvalue weighted by Crippen LogP contribution is -2.07. The van der Waals surface area contributed by atoms with E-state index < -0.39 is 5.82 Å². The Bertz CT molecular complexity index is 997. The van der Waals surface area contributed by atoms with Crippen LogP contribution < -0.4 is 10.6 Å². The molecule has 0 saturated heterocycles. The molecule has 0 aliphatic carbocycles. The van der Waals surface area contributed by atoms with Crippen LogP contribution in [0.4, 0.5) is 21.8 Å². The Hall–Kier alpha value is -3.86. The number of aromatic nitrogens is 3. The molecule has 2 heterocycles. The summed E-state index contributed by atoms with van der Waals surface area (Å²) in [7, 11) is 0. The van der Waals surface area contributed by atoms with E-state index in [0.29, 0.717) is 28.7 Å². The monoisotopic (exact) mass is 348 g/mol. The molecule has 2 N–H and O–H groups in total. The molecule has 3 aromatic rings. The van der Waals surface area contributed by atoms with Crippen LogP contribution in [-0.4, -0.2) is 20.9 Å². The Kier molecular flexibility index (Phi) is 4.80. The van der Waals surface area contributed by atoms with Gasteiger partial charge in [-0.1, -0.05) is 0 Å². The molecule has 26 heavy (non-hydrogen) atoms. The zero-order valence-electron chi connectivity index (χ0n) is 13.7. The molecule has 0 radical (unpaired) electrons. The predicted octanol–water partition coefficient (Wildman–Crippen LogP) is 3.25. The predicted molar refractivity (Wildman–Crippen MR) is 94.0 cm³/mol. The molecule has 128 valence electrons. The van der Waals surface area contributed by atoms with Crippen LogP contribution in [0, 0.1) is 17.1 Å². The second-order valence-electron chi connectivity index (χ2n) is 5.31. The molecular formula is C18H13FN6O. The van der Waals surface area contributed by atoms with E-state index in [1.165, 1.54) is 25.3 Å². The average Bonchev–Trinajstić information content (AvgIpc) is 2.63. The standard InChI is InChI=1S/C18H13FN6O/c1-11(26)23-17-5-3-14(10-22-17)24-18-21-7-6-16(25-18)12-2-4-15(19)13(8-12)9-20/h2-8,10H,1H3,(H,21,24,25)(H,22,23,26). The number of hydrogen-bond acceptors (Lipinski definition) is 6. The van der Waals surface area contributed by atoms with E-state index in [4.69, 9.17) is 5.26 Å². The van der Waals surface area contributed by atoms with Crippen molar-refractivity contribution < 1.29 is 9.18 Å². The summed E-state index contributed by atoms with van der Waals surface area (Å²) in [4.78, 5) is 23.6. The van der Waals surface area contributed by atoms with Gasteiger partial charge in [0.05, 0.1) is 23.1 Å². The Morgan fingerprint density at radius 1 is 1.19 bits per heavy atom. The van der Waals surface area contributed by atoms with Gasteiger partial charge in [0.25, 0.3) is 0 Å². The van der Waals surface area contributed by atoms with Crippen molar-refractivity contribution in [3.63, 3.8) is 0 Å². The molecule has 0 aliphatic heterocycles. The first-order valence-corrected chi connectivity index (χ1v) is 7.59. The number of carbonyl (C=O) groups excluding carboxylic acids is 1. The fourth-order valence-electron chi connectivity index (χ4n) is 2.20. The third-order valence-corrected chi connectivity index (χ3v) is 3.36. The Labute approximate surface area is 148 Å². The highest BCUT2D eigenvalue weighted by Gasteiger charge is 2.07. The molecular weight excluding hydrogens is 335 g/mol. The van der Waals surface area contributed by atoms with Crippen molar-refractivity contribution in [2.75, 3.05) is 10.6 Å². The number of nitrogens with zero attached hydrogens (tertiary/aromatic N) is 4. The lowest BCUT2D eigenvalue weighted by atomic mass is 10.1. The van der Waals surface area contributed by atoms with E-state index in [1.807, 2.05) is 0 Å². The van der Waals surface area contributed by atoms with Crippen LogP contribution in [0.15, 0.2) is 48.8 Å². The van der Waals surface area contributed by atoms with Crippen molar-refractivity contribution >= 4 is 23.4 Å². The lowest BCUT2D eigenvalue weighted by molar-refractivity contribution is -0.114. The number of nitriles is 1. The maximum absolute atomic E-state index is 13.5. The van der Waals surface area contributed by atoms with Crippen molar-refractivity contribution in [3.8, 4) is 17.3 Å². The van der Waals surface area contributed by atoms with Gasteiger partial charge in [-0.05, 0) is 36.4 Å². The molecule has 8 heteroatoms. The van der Waals surface area contributed by atoms with Crippen LogP contribution in [0.2, 0.25) is 0 Å². The van der Waals surface area contributed by atoms with Gasteiger partial charge < -0.3 is 10.6 Å². The average molecular weight is 348 g/mol. The molecule has 0 fully saturated rings. The normalized spacial score (nSPS) is 10.0. The maximum Gasteiger partial charge on any atom is 0.227 e. The number of carbonyl (C=O) groups is 1. The molecule has 7 nitrogen and oxygen atoms in total. The molecule has 2 aromatic heterocycles. The van der Waals surface area contributed by atoms with Gasteiger partial charge in [-0.25, -0.2) is 19.3 Å². The van der Waals surface area contributed by atoms with Crippen molar-refractivity contribution in [1.29, 1.82) is 5.26 Å². The summed E-state index contributed by atoms with van der Waals surface area (Å²) in [6.45, 7) is 1.40. The van der Waals surface area contributed by atoms with Crippen LogP contribution in [0.1, 0.15) is 12.5 Å². The molecule has 0 unspecified atom stereocenters. The first-order chi connectivity index (χ1) is 12.5. The molecule has 1 amide bonds. The number of hydrogen-bond donors (Lipinski definition) is 2. The van der Waals surface area contributed by atoms with Crippen LogP contribution in [0.3, 0.4) is 0 Å². The topological polar surface area (TPSA) is 104 Å². The fraction of sp³-hybridized carbons (Fsp3) is 0.0556. The number of nitrogens with one attached hydrogen (secondary N) is 2. The number of rotatable bonds is 4. The quantitative estimate of drug-likeness (QED) is 0.750. The van der Waals surface area contributed by atoms with E-state index in [2.05, 4.69) is 25.6 Å². The molecule has 0 bridgehead atoms. The molecule has 0 atom stereocenters. The van der Waals surface area contributed by atoms with Crippen LogP contribution in [0.5, 0.6) is 0 Å². The second-order valence-corrected chi connectivity index (χ2v) is 5.31. The van der Waals surface area contributed by atoms with Gasteiger partial charge >= 0.3 is 0 Å². The fourth-order valence-corrected chi connectivity index (χ4v) is 2.20. The number of amides is 1. The van der Waals surface area contributed by atoms with Crippen molar-refractivity contribution in [3.05, 3.63) is 60.2 Å². The first-order valence-electron chi connectivity index (χ1n) is 7.59. The number of pyridine rings is 1. The van der Waals surface area contributed by atoms with Gasteiger partial charge in [-0.2, -0.15) is 5.26 Å². The third kappa shape index (κ3) is 3.96. The largest absolute Gasteiger partial charge is 0.323 e. The SMILES string of the molecule is CC(=O)Nc1ccc(Nc2nccc(-c3ccc(F)c(C#N)c3)n2)cn1. The molecule has 0 saturated carbocycles. The summed E-state index contributed by atoms with van der Waals surface area (Å²) in [6.07, 6.45) is 3.09. The minimum Gasteiger partial charge on any atom is -0.323 e. The summed E-state index contributed by atoms with van der Waals surface area (Å²) in [5, 5.41) is 14.5. The van der Waals surface area contributed by atoms with Gasteiger partial charge in [0.1, 0.15) is 17.7 Å². The number of anilines is 3. The first kappa shape index (κ1) is 17.0. The van der Waals surface area contributed by atoms with E-state index >= 15 is 0 Å².